The Morgan fingerprint density at radius 2 is 1.54 bits per heavy atom. The number of benzene rings is 1. The summed E-state index contributed by atoms with van der Waals surface area (Å²) in [6.45, 7) is 3.58. The lowest BCUT2D eigenvalue weighted by molar-refractivity contribution is -0.140. The van der Waals surface area contributed by atoms with E-state index in [1.807, 2.05) is 35.2 Å². The Bertz CT molecular complexity index is 696. The molecule has 0 radical (unpaired) electrons. The number of rotatable bonds is 4. The molecule has 1 aliphatic carbocycles. The van der Waals surface area contributed by atoms with Crippen LogP contribution in [0.3, 0.4) is 0 Å². The molecule has 0 atom stereocenters. The molecule has 4 rings (SSSR count). The molecule has 1 aromatic rings. The van der Waals surface area contributed by atoms with Crippen molar-refractivity contribution >= 4 is 23.5 Å². The smallest absolute Gasteiger partial charge is 0.325 e. The minimum Gasteiger partial charge on any atom is -0.339 e. The fourth-order valence-corrected chi connectivity index (χ4v) is 3.60. The Morgan fingerprint density at radius 1 is 0.885 bits per heavy atom. The first kappa shape index (κ1) is 16.9. The van der Waals surface area contributed by atoms with E-state index < -0.39 is 0 Å². The van der Waals surface area contributed by atoms with Crippen LogP contribution in [0.5, 0.6) is 0 Å². The number of carbonyl (C=O) groups excluding carboxylic acids is 3. The molecule has 138 valence electrons. The third-order valence-corrected chi connectivity index (χ3v) is 5.36. The maximum Gasteiger partial charge on any atom is 0.325 e. The molecule has 7 heteroatoms. The van der Waals surface area contributed by atoms with E-state index in [0.29, 0.717) is 39.3 Å². The van der Waals surface area contributed by atoms with E-state index in [1.165, 1.54) is 0 Å². The van der Waals surface area contributed by atoms with Gasteiger partial charge < -0.3 is 14.7 Å². The van der Waals surface area contributed by atoms with Gasteiger partial charge in [0.05, 0.1) is 0 Å². The molecule has 7 nitrogen and oxygen atoms in total. The van der Waals surface area contributed by atoms with Crippen LogP contribution in [-0.2, 0) is 9.59 Å². The van der Waals surface area contributed by atoms with Gasteiger partial charge in [0.2, 0.25) is 11.8 Å². The summed E-state index contributed by atoms with van der Waals surface area (Å²) in [5, 5.41) is 0. The van der Waals surface area contributed by atoms with Crippen molar-refractivity contribution in [2.75, 3.05) is 50.7 Å². The highest BCUT2D eigenvalue weighted by molar-refractivity contribution is 5.96. The molecule has 3 aliphatic rings. The summed E-state index contributed by atoms with van der Waals surface area (Å²) in [4.78, 5) is 44.2. The average molecular weight is 356 g/mol. The molecule has 0 spiro atoms. The van der Waals surface area contributed by atoms with E-state index in [1.54, 1.807) is 14.7 Å². The molecule has 3 fully saturated rings. The molecular formula is C19H24N4O3. The standard InChI is InChI=1S/C19H24N4O3/c24-17(20-8-10-21(11-9-20)18(25)15-6-7-15)14-22-12-13-23(19(22)26)16-4-2-1-3-5-16/h1-5,15H,6-14H2. The highest BCUT2D eigenvalue weighted by Crippen LogP contribution is 2.31. The molecule has 2 aliphatic heterocycles. The zero-order valence-corrected chi connectivity index (χ0v) is 14.8. The van der Waals surface area contributed by atoms with Crippen molar-refractivity contribution in [2.45, 2.75) is 12.8 Å². The van der Waals surface area contributed by atoms with Crippen LogP contribution in [0.1, 0.15) is 12.8 Å². The first-order chi connectivity index (χ1) is 12.6. The predicted molar refractivity (Wildman–Crippen MR) is 96.6 cm³/mol. The third kappa shape index (κ3) is 3.38. The lowest BCUT2D eigenvalue weighted by atomic mass is 10.2. The molecule has 0 N–H and O–H groups in total. The van der Waals surface area contributed by atoms with Crippen molar-refractivity contribution in [3.05, 3.63) is 30.3 Å². The molecule has 1 saturated carbocycles. The Balaban J connectivity index is 1.29. The molecule has 1 aromatic carbocycles. The van der Waals surface area contributed by atoms with Crippen LogP contribution in [0.2, 0.25) is 0 Å². The molecule has 4 amide bonds. The number of amides is 4. The van der Waals surface area contributed by atoms with E-state index in [4.69, 9.17) is 0 Å². The van der Waals surface area contributed by atoms with E-state index in [0.717, 1.165) is 18.5 Å². The Hall–Kier alpha value is -2.57. The van der Waals surface area contributed by atoms with Gasteiger partial charge in [0.25, 0.3) is 0 Å². The normalized spacial score (nSPS) is 20.7. The van der Waals surface area contributed by atoms with E-state index in [9.17, 15) is 14.4 Å². The lowest BCUT2D eigenvalue weighted by Crippen LogP contribution is -2.53. The van der Waals surface area contributed by atoms with Gasteiger partial charge in [0, 0.05) is 50.9 Å². The van der Waals surface area contributed by atoms with Gasteiger partial charge in [-0.1, -0.05) is 18.2 Å². The van der Waals surface area contributed by atoms with Crippen molar-refractivity contribution in [3.8, 4) is 0 Å². The highest BCUT2D eigenvalue weighted by Gasteiger charge is 2.36. The third-order valence-electron chi connectivity index (χ3n) is 5.36. The maximum absolute atomic E-state index is 12.6. The summed E-state index contributed by atoms with van der Waals surface area (Å²) in [5.41, 5.74) is 0.861. The monoisotopic (exact) mass is 356 g/mol. The van der Waals surface area contributed by atoms with Crippen LogP contribution >= 0.6 is 0 Å². The van der Waals surface area contributed by atoms with E-state index in [2.05, 4.69) is 0 Å². The molecule has 2 heterocycles. The van der Waals surface area contributed by atoms with Crippen molar-refractivity contribution in [3.63, 3.8) is 0 Å². The largest absolute Gasteiger partial charge is 0.339 e. The SMILES string of the molecule is O=C(CN1CCN(c2ccccc2)C1=O)N1CCN(C(=O)C2CC2)CC1. The van der Waals surface area contributed by atoms with Crippen molar-refractivity contribution in [1.82, 2.24) is 14.7 Å². The number of urea groups is 1. The summed E-state index contributed by atoms with van der Waals surface area (Å²) in [7, 11) is 0. The van der Waals surface area contributed by atoms with Crippen LogP contribution in [0.25, 0.3) is 0 Å². The zero-order chi connectivity index (χ0) is 18.1. The molecule has 2 saturated heterocycles. The number of nitrogens with zero attached hydrogens (tertiary/aromatic N) is 4. The fourth-order valence-electron chi connectivity index (χ4n) is 3.60. The van der Waals surface area contributed by atoms with Gasteiger partial charge >= 0.3 is 6.03 Å². The second kappa shape index (κ2) is 6.97. The highest BCUT2D eigenvalue weighted by atomic mass is 16.2. The van der Waals surface area contributed by atoms with Gasteiger partial charge in [-0.05, 0) is 25.0 Å². The summed E-state index contributed by atoms with van der Waals surface area (Å²) < 4.78 is 0. The van der Waals surface area contributed by atoms with Crippen LogP contribution < -0.4 is 4.90 Å². The maximum atomic E-state index is 12.6. The first-order valence-corrected chi connectivity index (χ1v) is 9.31. The molecule has 0 bridgehead atoms. The van der Waals surface area contributed by atoms with E-state index in [-0.39, 0.29) is 30.3 Å². The van der Waals surface area contributed by atoms with Crippen molar-refractivity contribution in [1.29, 1.82) is 0 Å². The number of hydrogen-bond donors (Lipinski definition) is 0. The number of anilines is 1. The van der Waals surface area contributed by atoms with Gasteiger partial charge in [-0.15, -0.1) is 0 Å². The number of para-hydroxylation sites is 1. The second-order valence-electron chi connectivity index (χ2n) is 7.17. The zero-order valence-electron chi connectivity index (χ0n) is 14.8. The fraction of sp³-hybridized carbons (Fsp3) is 0.526. The Kier molecular flexibility index (Phi) is 4.53. The summed E-state index contributed by atoms with van der Waals surface area (Å²) in [6, 6.07) is 9.40. The second-order valence-corrected chi connectivity index (χ2v) is 7.17. The average Bonchev–Trinajstić information content (AvgIpc) is 3.47. The van der Waals surface area contributed by atoms with Crippen LogP contribution in [0, 0.1) is 5.92 Å². The van der Waals surface area contributed by atoms with Gasteiger partial charge in [-0.25, -0.2) is 4.79 Å². The number of carbonyl (C=O) groups is 3. The molecule has 26 heavy (non-hydrogen) atoms. The van der Waals surface area contributed by atoms with Crippen molar-refractivity contribution < 1.29 is 14.4 Å². The van der Waals surface area contributed by atoms with Gasteiger partial charge in [0.1, 0.15) is 6.54 Å². The minimum absolute atomic E-state index is 0.0354. The summed E-state index contributed by atoms with van der Waals surface area (Å²) in [5.74, 6) is 0.431. The van der Waals surface area contributed by atoms with Crippen LogP contribution in [-0.4, -0.2) is 78.4 Å². The van der Waals surface area contributed by atoms with E-state index >= 15 is 0 Å². The van der Waals surface area contributed by atoms with Crippen LogP contribution in [0.15, 0.2) is 30.3 Å². The number of hydrogen-bond acceptors (Lipinski definition) is 3. The molecule has 0 aromatic heterocycles. The first-order valence-electron chi connectivity index (χ1n) is 9.31. The lowest BCUT2D eigenvalue weighted by Gasteiger charge is -2.35. The van der Waals surface area contributed by atoms with Crippen molar-refractivity contribution in [2.24, 2.45) is 5.92 Å². The van der Waals surface area contributed by atoms with Gasteiger partial charge in [-0.2, -0.15) is 0 Å². The minimum atomic E-state index is -0.118. The van der Waals surface area contributed by atoms with Gasteiger partial charge in [-0.3, -0.25) is 14.5 Å². The molecular weight excluding hydrogens is 332 g/mol. The van der Waals surface area contributed by atoms with Gasteiger partial charge in [0.15, 0.2) is 0 Å². The number of piperazine rings is 1. The predicted octanol–water partition coefficient (Wildman–Crippen LogP) is 1.01. The summed E-state index contributed by atoms with van der Waals surface area (Å²) >= 11 is 0. The Labute approximate surface area is 153 Å². The van der Waals surface area contributed by atoms with Crippen LogP contribution in [0.4, 0.5) is 10.5 Å². The Morgan fingerprint density at radius 3 is 2.19 bits per heavy atom. The quantitative estimate of drug-likeness (QED) is 0.809. The summed E-state index contributed by atoms with van der Waals surface area (Å²) in [6.07, 6.45) is 2.01. The molecule has 0 unspecified atom stereocenters. The topological polar surface area (TPSA) is 64.2 Å².